The molecule has 0 aliphatic rings. The second kappa shape index (κ2) is 5.73. The van der Waals surface area contributed by atoms with E-state index in [1.54, 1.807) is 12.1 Å². The van der Waals surface area contributed by atoms with Gasteiger partial charge in [-0.15, -0.1) is 0 Å². The number of phenolic OH excluding ortho intramolecular Hbond substituents is 1. The first-order valence-electron chi connectivity index (χ1n) is 5.29. The molecule has 0 spiro atoms. The minimum atomic E-state index is 0.332. The maximum atomic E-state index is 9.13. The third kappa shape index (κ3) is 4.81. The largest absolute Gasteiger partial charge is 0.508 e. The number of hydrazine groups is 1. The summed E-state index contributed by atoms with van der Waals surface area (Å²) < 4.78 is 0. The molecule has 15 heavy (non-hydrogen) atoms. The summed E-state index contributed by atoms with van der Waals surface area (Å²) in [6.07, 6.45) is 2.12. The average Bonchev–Trinajstić information content (AvgIpc) is 2.16. The molecule has 0 saturated heterocycles. The van der Waals surface area contributed by atoms with E-state index in [1.165, 1.54) is 5.56 Å². The van der Waals surface area contributed by atoms with Crippen molar-refractivity contribution >= 4 is 0 Å². The Morgan fingerprint density at radius 1 is 1.27 bits per heavy atom. The number of nitrogens with one attached hydrogen (secondary N) is 1. The van der Waals surface area contributed by atoms with Gasteiger partial charge in [-0.2, -0.15) is 0 Å². The highest BCUT2D eigenvalue weighted by atomic mass is 16.3. The van der Waals surface area contributed by atoms with Crippen LogP contribution in [-0.2, 0) is 6.42 Å². The number of hydrogen-bond acceptors (Lipinski definition) is 3. The first kappa shape index (κ1) is 12.0. The molecule has 0 saturated carbocycles. The van der Waals surface area contributed by atoms with Crippen molar-refractivity contribution in [3.05, 3.63) is 29.8 Å². The number of phenols is 1. The fourth-order valence-electron chi connectivity index (χ4n) is 1.55. The van der Waals surface area contributed by atoms with Crippen LogP contribution in [0, 0.1) is 0 Å². The third-order valence-corrected chi connectivity index (χ3v) is 2.28. The highest BCUT2D eigenvalue weighted by molar-refractivity contribution is 5.25. The van der Waals surface area contributed by atoms with Crippen LogP contribution in [0.3, 0.4) is 0 Å². The Morgan fingerprint density at radius 3 is 2.40 bits per heavy atom. The lowest BCUT2D eigenvalue weighted by molar-refractivity contribution is 0.243. The molecule has 0 amide bonds. The molecule has 1 aromatic carbocycles. The standard InChI is InChI=1S/C12H20N2O/c1-10(13-14(2)3)4-5-11-6-8-12(15)9-7-11/h6-10,13,15H,4-5H2,1-3H3. The topological polar surface area (TPSA) is 35.5 Å². The Hall–Kier alpha value is -1.06. The summed E-state index contributed by atoms with van der Waals surface area (Å²) >= 11 is 0. The van der Waals surface area contributed by atoms with Gasteiger partial charge in [-0.05, 0) is 37.5 Å². The van der Waals surface area contributed by atoms with Crippen molar-refractivity contribution in [2.24, 2.45) is 0 Å². The van der Waals surface area contributed by atoms with Crippen molar-refractivity contribution in [2.45, 2.75) is 25.8 Å². The van der Waals surface area contributed by atoms with Crippen molar-refractivity contribution in [3.8, 4) is 5.75 Å². The summed E-state index contributed by atoms with van der Waals surface area (Å²) in [4.78, 5) is 0. The quantitative estimate of drug-likeness (QED) is 0.724. The van der Waals surface area contributed by atoms with Crippen LogP contribution in [0.5, 0.6) is 5.75 Å². The van der Waals surface area contributed by atoms with Crippen molar-refractivity contribution < 1.29 is 5.11 Å². The molecule has 0 fully saturated rings. The zero-order valence-corrected chi connectivity index (χ0v) is 9.70. The van der Waals surface area contributed by atoms with E-state index in [9.17, 15) is 0 Å². The number of hydrogen-bond donors (Lipinski definition) is 2. The van der Waals surface area contributed by atoms with E-state index in [0.29, 0.717) is 11.8 Å². The number of aromatic hydroxyl groups is 1. The molecule has 3 nitrogen and oxygen atoms in total. The molecule has 2 N–H and O–H groups in total. The zero-order chi connectivity index (χ0) is 11.3. The molecule has 1 atom stereocenters. The Labute approximate surface area is 91.7 Å². The number of nitrogens with zero attached hydrogens (tertiary/aromatic N) is 1. The summed E-state index contributed by atoms with van der Waals surface area (Å²) in [6.45, 7) is 2.17. The van der Waals surface area contributed by atoms with Gasteiger partial charge in [0.15, 0.2) is 0 Å². The Kier molecular flexibility index (Phi) is 4.59. The smallest absolute Gasteiger partial charge is 0.115 e. The van der Waals surface area contributed by atoms with E-state index in [1.807, 2.05) is 31.2 Å². The van der Waals surface area contributed by atoms with E-state index in [4.69, 9.17) is 5.11 Å². The number of rotatable bonds is 5. The second-order valence-electron chi connectivity index (χ2n) is 4.13. The lowest BCUT2D eigenvalue weighted by Gasteiger charge is -2.19. The summed E-state index contributed by atoms with van der Waals surface area (Å²) in [5.41, 5.74) is 4.57. The van der Waals surface area contributed by atoms with Gasteiger partial charge in [-0.3, -0.25) is 10.4 Å². The van der Waals surface area contributed by atoms with Crippen LogP contribution in [0.1, 0.15) is 18.9 Å². The maximum absolute atomic E-state index is 9.13. The fraction of sp³-hybridized carbons (Fsp3) is 0.500. The fourth-order valence-corrected chi connectivity index (χ4v) is 1.55. The van der Waals surface area contributed by atoms with Crippen molar-refractivity contribution in [3.63, 3.8) is 0 Å². The van der Waals surface area contributed by atoms with Crippen LogP contribution in [0.4, 0.5) is 0 Å². The molecule has 0 aliphatic carbocycles. The Balaban J connectivity index is 2.33. The van der Waals surface area contributed by atoms with Crippen LogP contribution in [0.15, 0.2) is 24.3 Å². The molecular weight excluding hydrogens is 188 g/mol. The molecule has 0 heterocycles. The van der Waals surface area contributed by atoms with Crippen molar-refractivity contribution in [2.75, 3.05) is 14.1 Å². The van der Waals surface area contributed by atoms with Crippen LogP contribution in [-0.4, -0.2) is 30.3 Å². The predicted octanol–water partition coefficient (Wildman–Crippen LogP) is 1.78. The SMILES string of the molecule is CC(CCc1ccc(O)cc1)NN(C)C. The molecule has 0 aliphatic heterocycles. The molecule has 1 rings (SSSR count). The van der Waals surface area contributed by atoms with E-state index in [-0.39, 0.29) is 0 Å². The van der Waals surface area contributed by atoms with Gasteiger partial charge in [0.05, 0.1) is 0 Å². The monoisotopic (exact) mass is 208 g/mol. The normalized spacial score (nSPS) is 13.1. The minimum Gasteiger partial charge on any atom is -0.508 e. The van der Waals surface area contributed by atoms with Gasteiger partial charge in [0.25, 0.3) is 0 Å². The van der Waals surface area contributed by atoms with Gasteiger partial charge < -0.3 is 5.11 Å². The molecule has 3 heteroatoms. The molecular formula is C12H20N2O. The average molecular weight is 208 g/mol. The highest BCUT2D eigenvalue weighted by Crippen LogP contribution is 2.11. The van der Waals surface area contributed by atoms with Crippen LogP contribution in [0.2, 0.25) is 0 Å². The first-order chi connectivity index (χ1) is 7.08. The maximum Gasteiger partial charge on any atom is 0.115 e. The van der Waals surface area contributed by atoms with Crippen LogP contribution >= 0.6 is 0 Å². The summed E-state index contributed by atoms with van der Waals surface area (Å²) in [5.74, 6) is 0.332. The van der Waals surface area contributed by atoms with Crippen LogP contribution < -0.4 is 5.43 Å². The van der Waals surface area contributed by atoms with Crippen molar-refractivity contribution in [1.82, 2.24) is 10.4 Å². The summed E-state index contributed by atoms with van der Waals surface area (Å²) in [5, 5.41) is 11.1. The lowest BCUT2D eigenvalue weighted by Crippen LogP contribution is -2.38. The first-order valence-corrected chi connectivity index (χ1v) is 5.29. The molecule has 0 bridgehead atoms. The highest BCUT2D eigenvalue weighted by Gasteiger charge is 2.02. The van der Waals surface area contributed by atoms with Gasteiger partial charge in [0, 0.05) is 20.1 Å². The van der Waals surface area contributed by atoms with Crippen molar-refractivity contribution in [1.29, 1.82) is 0 Å². The van der Waals surface area contributed by atoms with Gasteiger partial charge in [-0.1, -0.05) is 12.1 Å². The zero-order valence-electron chi connectivity index (χ0n) is 9.70. The number of aryl methyl sites for hydroxylation is 1. The molecule has 1 aromatic rings. The summed E-state index contributed by atoms with van der Waals surface area (Å²) in [7, 11) is 3.99. The Bertz CT molecular complexity index is 282. The lowest BCUT2D eigenvalue weighted by atomic mass is 10.1. The van der Waals surface area contributed by atoms with Gasteiger partial charge in [0.1, 0.15) is 5.75 Å². The third-order valence-electron chi connectivity index (χ3n) is 2.28. The van der Waals surface area contributed by atoms with Gasteiger partial charge >= 0.3 is 0 Å². The number of benzene rings is 1. The Morgan fingerprint density at radius 2 is 1.87 bits per heavy atom. The van der Waals surface area contributed by atoms with E-state index in [2.05, 4.69) is 12.3 Å². The molecule has 1 unspecified atom stereocenters. The molecule has 84 valence electrons. The van der Waals surface area contributed by atoms with E-state index in [0.717, 1.165) is 12.8 Å². The minimum absolute atomic E-state index is 0.332. The molecule has 0 radical (unpaired) electrons. The van der Waals surface area contributed by atoms with E-state index >= 15 is 0 Å². The second-order valence-corrected chi connectivity index (χ2v) is 4.13. The predicted molar refractivity (Wildman–Crippen MR) is 62.7 cm³/mol. The van der Waals surface area contributed by atoms with Crippen LogP contribution in [0.25, 0.3) is 0 Å². The van der Waals surface area contributed by atoms with Gasteiger partial charge in [-0.25, -0.2) is 0 Å². The van der Waals surface area contributed by atoms with Gasteiger partial charge in [0.2, 0.25) is 0 Å². The van der Waals surface area contributed by atoms with E-state index < -0.39 is 0 Å². The molecule has 0 aromatic heterocycles. The summed E-state index contributed by atoms with van der Waals surface area (Å²) in [6, 6.07) is 7.88.